The van der Waals surface area contributed by atoms with Gasteiger partial charge in [0.05, 0.1) is 12.6 Å². The predicted octanol–water partition coefficient (Wildman–Crippen LogP) is 3.33. The highest BCUT2D eigenvalue weighted by Gasteiger charge is 2.33. The summed E-state index contributed by atoms with van der Waals surface area (Å²) in [6.45, 7) is 9.95. The van der Waals surface area contributed by atoms with Crippen molar-refractivity contribution in [2.45, 2.75) is 111 Å². The SMILES string of the molecule is CCOC(=O)[C@H](O)[C@H](CC1CCCCC1)NC(=O)[C@H](CC(C)C)NC(=O)CCC(C)C. The van der Waals surface area contributed by atoms with Crippen molar-refractivity contribution in [1.82, 2.24) is 10.6 Å². The smallest absolute Gasteiger partial charge is 0.337 e. The number of amides is 2. The summed E-state index contributed by atoms with van der Waals surface area (Å²) in [5.41, 5.74) is 0. The first kappa shape index (κ1) is 27.4. The quantitative estimate of drug-likeness (QED) is 0.381. The molecule has 1 saturated carbocycles. The van der Waals surface area contributed by atoms with Crippen LogP contribution in [0, 0.1) is 17.8 Å². The molecule has 31 heavy (non-hydrogen) atoms. The molecular weight excluding hydrogens is 396 g/mol. The Kier molecular flexibility index (Phi) is 12.8. The minimum absolute atomic E-state index is 0.149. The van der Waals surface area contributed by atoms with Gasteiger partial charge < -0.3 is 20.5 Å². The molecule has 1 aliphatic rings. The molecule has 3 atom stereocenters. The lowest BCUT2D eigenvalue weighted by Gasteiger charge is -2.31. The summed E-state index contributed by atoms with van der Waals surface area (Å²) in [5.74, 6) is -0.257. The van der Waals surface area contributed by atoms with Crippen LogP contribution in [0.5, 0.6) is 0 Å². The molecule has 0 unspecified atom stereocenters. The molecule has 0 radical (unpaired) electrons. The summed E-state index contributed by atoms with van der Waals surface area (Å²) < 4.78 is 4.99. The second kappa shape index (κ2) is 14.4. The van der Waals surface area contributed by atoms with E-state index >= 15 is 0 Å². The summed E-state index contributed by atoms with van der Waals surface area (Å²) >= 11 is 0. The Bertz CT molecular complexity index is 558. The average molecular weight is 441 g/mol. The van der Waals surface area contributed by atoms with E-state index in [-0.39, 0.29) is 24.3 Å². The number of hydrogen-bond acceptors (Lipinski definition) is 5. The van der Waals surface area contributed by atoms with Crippen molar-refractivity contribution in [3.8, 4) is 0 Å². The minimum Gasteiger partial charge on any atom is -0.464 e. The first-order valence-electron chi connectivity index (χ1n) is 12.1. The van der Waals surface area contributed by atoms with E-state index in [2.05, 4.69) is 24.5 Å². The van der Waals surface area contributed by atoms with Crippen molar-refractivity contribution < 1.29 is 24.2 Å². The Morgan fingerprint density at radius 1 is 1.00 bits per heavy atom. The predicted molar refractivity (Wildman–Crippen MR) is 121 cm³/mol. The van der Waals surface area contributed by atoms with Crippen LogP contribution in [0.2, 0.25) is 0 Å². The van der Waals surface area contributed by atoms with Gasteiger partial charge in [0.25, 0.3) is 0 Å². The lowest BCUT2D eigenvalue weighted by molar-refractivity contribution is -0.155. The Morgan fingerprint density at radius 3 is 2.19 bits per heavy atom. The topological polar surface area (TPSA) is 105 Å². The van der Waals surface area contributed by atoms with Crippen LogP contribution in [0.4, 0.5) is 0 Å². The van der Waals surface area contributed by atoms with E-state index in [1.165, 1.54) is 6.42 Å². The zero-order chi connectivity index (χ0) is 23.4. The Balaban J connectivity index is 2.87. The second-order valence-electron chi connectivity index (χ2n) is 9.73. The molecule has 7 heteroatoms. The Hall–Kier alpha value is -1.63. The number of carbonyl (C=O) groups is 3. The molecule has 0 aromatic heterocycles. The van der Waals surface area contributed by atoms with E-state index in [1.807, 2.05) is 13.8 Å². The van der Waals surface area contributed by atoms with Crippen LogP contribution in [-0.4, -0.2) is 47.7 Å². The van der Waals surface area contributed by atoms with Gasteiger partial charge in [-0.1, -0.05) is 59.8 Å². The number of aliphatic hydroxyl groups excluding tert-OH is 1. The van der Waals surface area contributed by atoms with Crippen LogP contribution in [0.1, 0.15) is 92.4 Å². The lowest BCUT2D eigenvalue weighted by atomic mass is 9.83. The van der Waals surface area contributed by atoms with Crippen molar-refractivity contribution in [1.29, 1.82) is 0 Å². The maximum atomic E-state index is 13.1. The highest BCUT2D eigenvalue weighted by molar-refractivity contribution is 5.88. The average Bonchev–Trinajstić information content (AvgIpc) is 2.71. The number of ether oxygens (including phenoxy) is 1. The van der Waals surface area contributed by atoms with Gasteiger partial charge in [-0.15, -0.1) is 0 Å². The summed E-state index contributed by atoms with van der Waals surface area (Å²) in [6.07, 6.45) is 6.25. The van der Waals surface area contributed by atoms with E-state index in [0.717, 1.165) is 32.1 Å². The summed E-state index contributed by atoms with van der Waals surface area (Å²) in [5, 5.41) is 16.3. The van der Waals surface area contributed by atoms with Crippen molar-refractivity contribution in [2.24, 2.45) is 17.8 Å². The molecule has 1 rings (SSSR count). The number of hydrogen-bond donors (Lipinski definition) is 3. The summed E-state index contributed by atoms with van der Waals surface area (Å²) in [4.78, 5) is 37.6. The van der Waals surface area contributed by atoms with E-state index in [1.54, 1.807) is 6.92 Å². The minimum atomic E-state index is -1.41. The third kappa shape index (κ3) is 11.0. The van der Waals surface area contributed by atoms with Gasteiger partial charge in [-0.2, -0.15) is 0 Å². The Labute approximate surface area is 188 Å². The lowest BCUT2D eigenvalue weighted by Crippen LogP contribution is -2.55. The molecule has 1 aliphatic carbocycles. The van der Waals surface area contributed by atoms with E-state index in [4.69, 9.17) is 4.74 Å². The molecule has 7 nitrogen and oxygen atoms in total. The van der Waals surface area contributed by atoms with Gasteiger partial charge in [0, 0.05) is 6.42 Å². The van der Waals surface area contributed by atoms with Gasteiger partial charge in [0.2, 0.25) is 11.8 Å². The highest BCUT2D eigenvalue weighted by Crippen LogP contribution is 2.28. The number of carbonyl (C=O) groups excluding carboxylic acids is 3. The third-order valence-electron chi connectivity index (χ3n) is 5.86. The van der Waals surface area contributed by atoms with E-state index < -0.39 is 24.2 Å². The van der Waals surface area contributed by atoms with Crippen LogP contribution >= 0.6 is 0 Å². The molecule has 0 aromatic carbocycles. The number of esters is 1. The third-order valence-corrected chi connectivity index (χ3v) is 5.86. The van der Waals surface area contributed by atoms with Crippen molar-refractivity contribution in [2.75, 3.05) is 6.61 Å². The molecule has 0 aliphatic heterocycles. The first-order valence-corrected chi connectivity index (χ1v) is 12.1. The molecule has 2 amide bonds. The molecule has 0 aromatic rings. The molecule has 1 fully saturated rings. The number of aliphatic hydroxyl groups is 1. The van der Waals surface area contributed by atoms with Gasteiger partial charge in [-0.05, 0) is 43.9 Å². The normalized spacial score (nSPS) is 17.8. The molecule has 0 spiro atoms. The van der Waals surface area contributed by atoms with Gasteiger partial charge in [-0.25, -0.2) is 4.79 Å². The van der Waals surface area contributed by atoms with E-state index in [9.17, 15) is 19.5 Å². The molecule has 180 valence electrons. The van der Waals surface area contributed by atoms with Gasteiger partial charge >= 0.3 is 5.97 Å². The van der Waals surface area contributed by atoms with Crippen LogP contribution in [-0.2, 0) is 19.1 Å². The zero-order valence-electron chi connectivity index (χ0n) is 20.1. The fourth-order valence-corrected chi connectivity index (χ4v) is 4.11. The van der Waals surface area contributed by atoms with Crippen LogP contribution in [0.25, 0.3) is 0 Å². The molecule has 3 N–H and O–H groups in total. The van der Waals surface area contributed by atoms with Crippen molar-refractivity contribution in [3.63, 3.8) is 0 Å². The highest BCUT2D eigenvalue weighted by atomic mass is 16.5. The van der Waals surface area contributed by atoms with Crippen LogP contribution in [0.3, 0.4) is 0 Å². The Morgan fingerprint density at radius 2 is 1.65 bits per heavy atom. The van der Waals surface area contributed by atoms with Crippen LogP contribution in [0.15, 0.2) is 0 Å². The van der Waals surface area contributed by atoms with Gasteiger partial charge in [0.1, 0.15) is 6.04 Å². The van der Waals surface area contributed by atoms with Gasteiger partial charge in [0.15, 0.2) is 6.10 Å². The van der Waals surface area contributed by atoms with Gasteiger partial charge in [-0.3, -0.25) is 9.59 Å². The van der Waals surface area contributed by atoms with Crippen molar-refractivity contribution >= 4 is 17.8 Å². The first-order chi connectivity index (χ1) is 14.6. The fourth-order valence-electron chi connectivity index (χ4n) is 4.11. The summed E-state index contributed by atoms with van der Waals surface area (Å²) in [7, 11) is 0. The maximum Gasteiger partial charge on any atom is 0.337 e. The maximum absolute atomic E-state index is 13.1. The molecule has 0 saturated heterocycles. The van der Waals surface area contributed by atoms with E-state index in [0.29, 0.717) is 31.1 Å². The molecular formula is C24H44N2O5. The second-order valence-corrected chi connectivity index (χ2v) is 9.73. The fraction of sp³-hybridized carbons (Fsp3) is 0.875. The number of rotatable bonds is 13. The number of nitrogens with one attached hydrogen (secondary N) is 2. The molecule has 0 heterocycles. The monoisotopic (exact) mass is 440 g/mol. The molecule has 0 bridgehead atoms. The zero-order valence-corrected chi connectivity index (χ0v) is 20.1. The van der Waals surface area contributed by atoms with Crippen LogP contribution < -0.4 is 10.6 Å². The largest absolute Gasteiger partial charge is 0.464 e. The summed E-state index contributed by atoms with van der Waals surface area (Å²) in [6, 6.07) is -1.42. The standard InChI is InChI=1S/C24H44N2O5/c1-6-31-24(30)22(28)19(15-18-10-8-7-9-11-18)26-23(29)20(14-17(4)5)25-21(27)13-12-16(2)3/h16-20,22,28H,6-15H2,1-5H3,(H,25,27)(H,26,29)/t19-,20-,22+/m0/s1. The van der Waals surface area contributed by atoms with Crippen molar-refractivity contribution in [3.05, 3.63) is 0 Å².